The van der Waals surface area contributed by atoms with Gasteiger partial charge in [0.15, 0.2) is 16.7 Å². The Labute approximate surface area is 185 Å². The molecule has 166 valence electrons. The molecule has 0 heterocycles. The molecule has 0 aromatic heterocycles. The first-order chi connectivity index (χ1) is 14.2. The summed E-state index contributed by atoms with van der Waals surface area (Å²) in [6.07, 6.45) is 0. The largest absolute Gasteiger partial charge is 0.743 e. The van der Waals surface area contributed by atoms with Gasteiger partial charge in [0.05, 0.1) is 4.92 Å². The summed E-state index contributed by atoms with van der Waals surface area (Å²) in [6.45, 7) is -2.19. The summed E-state index contributed by atoms with van der Waals surface area (Å²) in [5.41, 5.74) is -2.17. The predicted octanol–water partition coefficient (Wildman–Crippen LogP) is 2.42. The molecule has 0 spiro atoms. The van der Waals surface area contributed by atoms with E-state index in [1.54, 1.807) is 0 Å². The van der Waals surface area contributed by atoms with E-state index in [9.17, 15) is 46.6 Å². The SMILES string of the molecule is O=C(Oc1ccc([N+](=O)[O-])c(C(=O)OCC(F)(F)S(=O)(=O)[O-])c1)c1ccc(I)cc1O. The molecule has 2 aromatic carbocycles. The summed E-state index contributed by atoms with van der Waals surface area (Å²) < 4.78 is 67.2. The Morgan fingerprint density at radius 2 is 1.77 bits per heavy atom. The second-order valence-corrected chi connectivity index (χ2v) is 8.41. The summed E-state index contributed by atoms with van der Waals surface area (Å²) in [5.74, 6) is -3.76. The van der Waals surface area contributed by atoms with Gasteiger partial charge >= 0.3 is 17.2 Å². The second-order valence-electron chi connectivity index (χ2n) is 5.65. The van der Waals surface area contributed by atoms with Gasteiger partial charge in [-0.25, -0.2) is 18.0 Å². The number of nitrogens with zero attached hydrogens (tertiary/aromatic N) is 1. The Morgan fingerprint density at radius 1 is 1.13 bits per heavy atom. The van der Waals surface area contributed by atoms with Crippen LogP contribution in [0.5, 0.6) is 11.5 Å². The summed E-state index contributed by atoms with van der Waals surface area (Å²) in [4.78, 5) is 34.2. The molecule has 0 saturated carbocycles. The number of hydrogen-bond donors (Lipinski definition) is 1. The fourth-order valence-electron chi connectivity index (χ4n) is 2.04. The number of phenolic OH excluding ortho intramolecular Hbond substituents is 1. The number of carbonyl (C=O) groups excluding carboxylic acids is 2. The Kier molecular flexibility index (Phi) is 7.12. The predicted molar refractivity (Wildman–Crippen MR) is 104 cm³/mol. The molecule has 0 aliphatic carbocycles. The fraction of sp³-hybridized carbons (Fsp3) is 0.125. The molecule has 1 N–H and O–H groups in total. The van der Waals surface area contributed by atoms with E-state index in [4.69, 9.17) is 4.74 Å². The Balaban J connectivity index is 2.31. The number of nitro groups is 1. The Bertz CT molecular complexity index is 1170. The Hall–Kier alpha value is -2.92. The molecule has 2 aromatic rings. The number of esters is 2. The van der Waals surface area contributed by atoms with Crippen LogP contribution in [0, 0.1) is 13.7 Å². The van der Waals surface area contributed by atoms with Crippen LogP contribution >= 0.6 is 22.6 Å². The number of aromatic hydroxyl groups is 1. The lowest BCUT2D eigenvalue weighted by Gasteiger charge is -2.19. The zero-order valence-corrected chi connectivity index (χ0v) is 17.8. The van der Waals surface area contributed by atoms with Crippen molar-refractivity contribution >= 4 is 50.3 Å². The number of phenols is 1. The molecule has 0 aliphatic heterocycles. The number of ether oxygens (including phenoxy) is 2. The average molecular weight is 572 g/mol. The quantitative estimate of drug-likeness (QED) is 0.130. The minimum Gasteiger partial charge on any atom is -0.743 e. The number of nitro benzene ring substituents is 1. The lowest BCUT2D eigenvalue weighted by molar-refractivity contribution is -0.385. The molecule has 31 heavy (non-hydrogen) atoms. The summed E-state index contributed by atoms with van der Waals surface area (Å²) in [7, 11) is -6.16. The summed E-state index contributed by atoms with van der Waals surface area (Å²) in [5, 5.41) is 15.9. The minimum atomic E-state index is -6.16. The molecule has 0 fully saturated rings. The molecule has 0 amide bonds. The van der Waals surface area contributed by atoms with Crippen LogP contribution in [-0.4, -0.2) is 46.8 Å². The first kappa shape index (κ1) is 24.4. The van der Waals surface area contributed by atoms with Gasteiger partial charge in [-0.2, -0.15) is 8.78 Å². The number of alkyl halides is 2. The maximum absolute atomic E-state index is 13.2. The van der Waals surface area contributed by atoms with E-state index >= 15 is 0 Å². The van der Waals surface area contributed by atoms with Gasteiger partial charge in [0, 0.05) is 15.7 Å². The van der Waals surface area contributed by atoms with Crippen LogP contribution in [0.15, 0.2) is 36.4 Å². The van der Waals surface area contributed by atoms with Crippen molar-refractivity contribution in [3.8, 4) is 11.5 Å². The molecule has 0 radical (unpaired) electrons. The van der Waals surface area contributed by atoms with E-state index in [-0.39, 0.29) is 5.56 Å². The van der Waals surface area contributed by atoms with Gasteiger partial charge in [-0.3, -0.25) is 10.1 Å². The lowest BCUT2D eigenvalue weighted by atomic mass is 10.1. The normalized spacial score (nSPS) is 11.6. The van der Waals surface area contributed by atoms with Crippen molar-refractivity contribution in [2.75, 3.05) is 6.61 Å². The average Bonchev–Trinajstić information content (AvgIpc) is 2.64. The zero-order chi connectivity index (χ0) is 23.6. The van der Waals surface area contributed by atoms with Crippen LogP contribution in [0.1, 0.15) is 20.7 Å². The van der Waals surface area contributed by atoms with Crippen molar-refractivity contribution in [3.63, 3.8) is 0 Å². The van der Waals surface area contributed by atoms with Crippen molar-refractivity contribution in [3.05, 3.63) is 61.2 Å². The van der Waals surface area contributed by atoms with E-state index in [2.05, 4.69) is 4.74 Å². The van der Waals surface area contributed by atoms with Gasteiger partial charge in [-0.15, -0.1) is 0 Å². The van der Waals surface area contributed by atoms with Crippen LogP contribution < -0.4 is 4.74 Å². The van der Waals surface area contributed by atoms with Crippen LogP contribution in [0.2, 0.25) is 0 Å². The highest BCUT2D eigenvalue weighted by Crippen LogP contribution is 2.28. The fourth-order valence-corrected chi connectivity index (χ4v) is 2.72. The van der Waals surface area contributed by atoms with Gasteiger partial charge < -0.3 is 19.1 Å². The maximum Gasteiger partial charge on any atom is 0.367 e. The Morgan fingerprint density at radius 3 is 2.32 bits per heavy atom. The summed E-state index contributed by atoms with van der Waals surface area (Å²) in [6, 6.07) is 6.18. The molecule has 15 heteroatoms. The number of rotatable bonds is 7. The molecule has 0 atom stereocenters. The standard InChI is InChI=1S/C16H10F2INO10S/c17-16(18,31(26,27)28)7-29-14(22)11-6-9(2-4-12(11)20(24)25)30-15(23)10-3-1-8(19)5-13(10)21/h1-6,21H,7H2,(H,26,27,28)/p-1. The van der Waals surface area contributed by atoms with E-state index in [1.165, 1.54) is 18.2 Å². The second kappa shape index (κ2) is 9.06. The van der Waals surface area contributed by atoms with E-state index in [0.29, 0.717) is 15.7 Å². The molecule has 11 nitrogen and oxygen atoms in total. The maximum atomic E-state index is 13.2. The molecule has 2 rings (SSSR count). The first-order valence-corrected chi connectivity index (χ1v) is 10.2. The van der Waals surface area contributed by atoms with Gasteiger partial charge in [0.25, 0.3) is 5.69 Å². The lowest BCUT2D eigenvalue weighted by Crippen LogP contribution is -2.34. The van der Waals surface area contributed by atoms with Gasteiger partial charge in [0.1, 0.15) is 22.6 Å². The molecule has 0 bridgehead atoms. The van der Waals surface area contributed by atoms with Crippen molar-refractivity contribution in [2.24, 2.45) is 0 Å². The first-order valence-electron chi connectivity index (χ1n) is 7.72. The zero-order valence-electron chi connectivity index (χ0n) is 14.8. The highest BCUT2D eigenvalue weighted by Gasteiger charge is 2.40. The highest BCUT2D eigenvalue weighted by molar-refractivity contribution is 14.1. The third-order valence-corrected chi connectivity index (χ3v) is 5.03. The third kappa shape index (κ3) is 5.82. The van der Waals surface area contributed by atoms with Crippen LogP contribution in [0.25, 0.3) is 0 Å². The van der Waals surface area contributed by atoms with E-state index in [0.717, 1.165) is 6.07 Å². The number of hydrogen-bond acceptors (Lipinski definition) is 10. The van der Waals surface area contributed by atoms with Crippen LogP contribution in [-0.2, 0) is 14.9 Å². The van der Waals surface area contributed by atoms with Gasteiger partial charge in [0.2, 0.25) is 0 Å². The third-order valence-electron chi connectivity index (χ3n) is 3.51. The minimum absolute atomic E-state index is 0.275. The van der Waals surface area contributed by atoms with Crippen LogP contribution in [0.3, 0.4) is 0 Å². The number of carbonyl (C=O) groups is 2. The molecular formula is C16H9F2INO10S-. The topological polar surface area (TPSA) is 173 Å². The van der Waals surface area contributed by atoms with Crippen molar-refractivity contribution in [1.29, 1.82) is 0 Å². The van der Waals surface area contributed by atoms with Crippen LogP contribution in [0.4, 0.5) is 14.5 Å². The molecule has 0 saturated heterocycles. The molecule has 0 aliphatic rings. The molecule has 0 unspecified atom stereocenters. The van der Waals surface area contributed by atoms with Crippen molar-refractivity contribution in [1.82, 2.24) is 0 Å². The molecular weight excluding hydrogens is 563 g/mol. The number of benzene rings is 2. The van der Waals surface area contributed by atoms with Crippen molar-refractivity contribution in [2.45, 2.75) is 5.25 Å². The summed E-state index contributed by atoms with van der Waals surface area (Å²) >= 11 is 1.87. The van der Waals surface area contributed by atoms with Crippen molar-refractivity contribution < 1.29 is 50.8 Å². The smallest absolute Gasteiger partial charge is 0.367 e. The number of halogens is 3. The monoisotopic (exact) mass is 572 g/mol. The van der Waals surface area contributed by atoms with E-state index < -0.39 is 61.6 Å². The van der Waals surface area contributed by atoms with Gasteiger partial charge in [-0.1, -0.05) is 0 Å². The highest BCUT2D eigenvalue weighted by atomic mass is 127. The van der Waals surface area contributed by atoms with E-state index in [1.807, 2.05) is 22.6 Å². The van der Waals surface area contributed by atoms with Gasteiger partial charge in [-0.05, 0) is 46.9 Å².